The second-order valence-electron chi connectivity index (χ2n) is 5.51. The van der Waals surface area contributed by atoms with Crippen molar-refractivity contribution in [2.75, 3.05) is 7.11 Å². The van der Waals surface area contributed by atoms with Crippen molar-refractivity contribution >= 4 is 21.4 Å². The molecule has 0 spiro atoms. The molecule has 2 aromatic rings. The monoisotopic (exact) mass is 260 g/mol. The minimum Gasteiger partial charge on any atom is -0.497 e. The molecule has 0 aliphatic heterocycles. The van der Waals surface area contributed by atoms with Crippen molar-refractivity contribution in [2.45, 2.75) is 38.5 Å². The fraction of sp³-hybridized carbons (Fsp3) is 0.500. The molecule has 1 aromatic carbocycles. The molecule has 0 atom stereocenters. The van der Waals surface area contributed by atoms with Gasteiger partial charge in [0.1, 0.15) is 5.75 Å². The van der Waals surface area contributed by atoms with Crippen LogP contribution in [-0.2, 0) is 0 Å². The summed E-state index contributed by atoms with van der Waals surface area (Å²) in [5.41, 5.74) is 0. The first kappa shape index (κ1) is 12.0. The van der Waals surface area contributed by atoms with E-state index >= 15 is 0 Å². The van der Waals surface area contributed by atoms with E-state index in [1.807, 2.05) is 11.3 Å². The third kappa shape index (κ3) is 2.26. The van der Waals surface area contributed by atoms with E-state index in [1.54, 1.807) is 12.0 Å². The summed E-state index contributed by atoms with van der Waals surface area (Å²) in [4.78, 5) is 1.57. The standard InChI is InChI=1S/C16H20OS/c1-11-3-5-12(6-4-11)15-9-13-7-8-14(17-2)10-16(13)18-15/h7-12H,3-6H2,1-2H3. The number of ether oxygens (including phenoxy) is 1. The highest BCUT2D eigenvalue weighted by atomic mass is 32.1. The van der Waals surface area contributed by atoms with E-state index in [2.05, 4.69) is 31.2 Å². The smallest absolute Gasteiger partial charge is 0.120 e. The lowest BCUT2D eigenvalue weighted by Crippen LogP contribution is -2.09. The van der Waals surface area contributed by atoms with Crippen LogP contribution in [0.2, 0.25) is 0 Å². The van der Waals surface area contributed by atoms with Crippen molar-refractivity contribution in [3.05, 3.63) is 29.1 Å². The van der Waals surface area contributed by atoms with Gasteiger partial charge in [0.2, 0.25) is 0 Å². The molecule has 1 fully saturated rings. The molecule has 1 nitrogen and oxygen atoms in total. The van der Waals surface area contributed by atoms with Crippen LogP contribution in [0.4, 0.5) is 0 Å². The number of benzene rings is 1. The molecule has 18 heavy (non-hydrogen) atoms. The van der Waals surface area contributed by atoms with Gasteiger partial charge in [-0.05, 0) is 54.3 Å². The topological polar surface area (TPSA) is 9.23 Å². The van der Waals surface area contributed by atoms with Crippen LogP contribution in [0.25, 0.3) is 10.1 Å². The van der Waals surface area contributed by atoms with Gasteiger partial charge in [-0.1, -0.05) is 19.8 Å². The van der Waals surface area contributed by atoms with E-state index in [0.29, 0.717) is 0 Å². The van der Waals surface area contributed by atoms with Gasteiger partial charge in [-0.3, -0.25) is 0 Å². The van der Waals surface area contributed by atoms with E-state index in [4.69, 9.17) is 4.74 Å². The van der Waals surface area contributed by atoms with E-state index in [-0.39, 0.29) is 0 Å². The Balaban J connectivity index is 1.88. The average Bonchev–Trinajstić information content (AvgIpc) is 2.82. The molecule has 2 heteroatoms. The second kappa shape index (κ2) is 4.93. The molecule has 0 unspecified atom stereocenters. The first-order valence-electron chi connectivity index (χ1n) is 6.84. The zero-order valence-corrected chi connectivity index (χ0v) is 11.9. The quantitative estimate of drug-likeness (QED) is 0.720. The molecular formula is C16H20OS. The van der Waals surface area contributed by atoms with Gasteiger partial charge in [0.15, 0.2) is 0 Å². The summed E-state index contributed by atoms with van der Waals surface area (Å²) in [5, 5.41) is 1.37. The SMILES string of the molecule is COc1ccc2cc(C3CCC(C)CC3)sc2c1. The number of methoxy groups -OCH3 is 1. The normalized spacial score (nSPS) is 24.3. The van der Waals surface area contributed by atoms with E-state index < -0.39 is 0 Å². The van der Waals surface area contributed by atoms with Crippen molar-refractivity contribution < 1.29 is 4.74 Å². The van der Waals surface area contributed by atoms with Crippen LogP contribution < -0.4 is 4.74 Å². The number of thiophene rings is 1. The molecule has 0 amide bonds. The molecule has 1 aliphatic rings. The summed E-state index contributed by atoms with van der Waals surface area (Å²) in [5.74, 6) is 2.69. The molecule has 1 heterocycles. The van der Waals surface area contributed by atoms with Crippen LogP contribution in [0.3, 0.4) is 0 Å². The third-order valence-corrected chi connectivity index (χ3v) is 5.42. The molecule has 0 radical (unpaired) electrons. The Morgan fingerprint density at radius 2 is 1.89 bits per heavy atom. The maximum absolute atomic E-state index is 5.30. The molecular weight excluding hydrogens is 240 g/mol. The highest BCUT2D eigenvalue weighted by molar-refractivity contribution is 7.19. The van der Waals surface area contributed by atoms with E-state index in [0.717, 1.165) is 17.6 Å². The molecule has 1 aliphatic carbocycles. The molecule has 0 saturated heterocycles. The van der Waals surface area contributed by atoms with Crippen LogP contribution >= 0.6 is 11.3 Å². The largest absolute Gasteiger partial charge is 0.497 e. The maximum Gasteiger partial charge on any atom is 0.120 e. The second-order valence-corrected chi connectivity index (χ2v) is 6.62. The summed E-state index contributed by atoms with van der Waals surface area (Å²) >= 11 is 1.95. The summed E-state index contributed by atoms with van der Waals surface area (Å²) in [7, 11) is 1.73. The van der Waals surface area contributed by atoms with Crippen LogP contribution in [0.5, 0.6) is 5.75 Å². The molecule has 96 valence electrons. The minimum atomic E-state index is 0.796. The zero-order valence-electron chi connectivity index (χ0n) is 11.1. The van der Waals surface area contributed by atoms with Gasteiger partial charge in [0, 0.05) is 9.58 Å². The summed E-state index contributed by atoms with van der Waals surface area (Å²) in [6.07, 6.45) is 5.51. The number of fused-ring (bicyclic) bond motifs is 1. The molecule has 1 aromatic heterocycles. The first-order chi connectivity index (χ1) is 8.76. The zero-order chi connectivity index (χ0) is 12.5. The number of hydrogen-bond acceptors (Lipinski definition) is 2. The van der Waals surface area contributed by atoms with E-state index in [1.165, 1.54) is 35.8 Å². The molecule has 0 bridgehead atoms. The highest BCUT2D eigenvalue weighted by Gasteiger charge is 2.21. The lowest BCUT2D eigenvalue weighted by molar-refractivity contribution is 0.351. The van der Waals surface area contributed by atoms with Crippen molar-refractivity contribution in [1.82, 2.24) is 0 Å². The average molecular weight is 260 g/mol. The van der Waals surface area contributed by atoms with Gasteiger partial charge in [0.05, 0.1) is 7.11 Å². The van der Waals surface area contributed by atoms with Crippen molar-refractivity contribution in [3.63, 3.8) is 0 Å². The number of rotatable bonds is 2. The predicted molar refractivity (Wildman–Crippen MR) is 78.8 cm³/mol. The molecule has 1 saturated carbocycles. The van der Waals surface area contributed by atoms with Gasteiger partial charge in [-0.25, -0.2) is 0 Å². The lowest BCUT2D eigenvalue weighted by Gasteiger charge is -2.25. The number of hydrogen-bond donors (Lipinski definition) is 0. The van der Waals surface area contributed by atoms with Gasteiger partial charge >= 0.3 is 0 Å². The predicted octanol–water partition coefficient (Wildman–Crippen LogP) is 5.20. The fourth-order valence-electron chi connectivity index (χ4n) is 2.90. The van der Waals surface area contributed by atoms with Crippen molar-refractivity contribution in [3.8, 4) is 5.75 Å². The van der Waals surface area contributed by atoms with Gasteiger partial charge in [-0.2, -0.15) is 0 Å². The first-order valence-corrected chi connectivity index (χ1v) is 7.65. The molecule has 3 rings (SSSR count). The van der Waals surface area contributed by atoms with Crippen LogP contribution in [0.15, 0.2) is 24.3 Å². The van der Waals surface area contributed by atoms with Gasteiger partial charge in [-0.15, -0.1) is 11.3 Å². The Morgan fingerprint density at radius 3 is 2.61 bits per heavy atom. The van der Waals surface area contributed by atoms with Crippen molar-refractivity contribution in [2.24, 2.45) is 5.92 Å². The summed E-state index contributed by atoms with van der Waals surface area (Å²) < 4.78 is 6.66. The Labute approximate surface area is 113 Å². The van der Waals surface area contributed by atoms with Crippen LogP contribution in [-0.4, -0.2) is 7.11 Å². The molecule has 0 N–H and O–H groups in total. The Morgan fingerprint density at radius 1 is 1.11 bits per heavy atom. The summed E-state index contributed by atoms with van der Waals surface area (Å²) in [6.45, 7) is 2.38. The Hall–Kier alpha value is -1.02. The highest BCUT2D eigenvalue weighted by Crippen LogP contribution is 2.41. The lowest BCUT2D eigenvalue weighted by atomic mass is 9.82. The Kier molecular flexibility index (Phi) is 3.29. The maximum atomic E-state index is 5.30. The minimum absolute atomic E-state index is 0.796. The summed E-state index contributed by atoms with van der Waals surface area (Å²) in [6, 6.07) is 8.79. The Bertz CT molecular complexity index is 535. The van der Waals surface area contributed by atoms with Crippen LogP contribution in [0, 0.1) is 5.92 Å². The van der Waals surface area contributed by atoms with E-state index in [9.17, 15) is 0 Å². The van der Waals surface area contributed by atoms with Gasteiger partial charge in [0.25, 0.3) is 0 Å². The van der Waals surface area contributed by atoms with Crippen molar-refractivity contribution in [1.29, 1.82) is 0 Å². The third-order valence-electron chi connectivity index (χ3n) is 4.16. The van der Waals surface area contributed by atoms with Crippen LogP contribution in [0.1, 0.15) is 43.4 Å². The van der Waals surface area contributed by atoms with Gasteiger partial charge < -0.3 is 4.74 Å². The fourth-order valence-corrected chi connectivity index (χ4v) is 4.17.